The highest BCUT2D eigenvalue weighted by atomic mass is 32.1. The van der Waals surface area contributed by atoms with Crippen molar-refractivity contribution in [3.8, 4) is 0 Å². The molecule has 0 radical (unpaired) electrons. The molecule has 3 heterocycles. The quantitative estimate of drug-likeness (QED) is 0.777. The van der Waals surface area contributed by atoms with E-state index in [1.807, 2.05) is 12.3 Å². The van der Waals surface area contributed by atoms with Crippen LogP contribution in [0.15, 0.2) is 28.4 Å². The van der Waals surface area contributed by atoms with Gasteiger partial charge >= 0.3 is 0 Å². The van der Waals surface area contributed by atoms with Crippen LogP contribution >= 0.6 is 22.7 Å². The van der Waals surface area contributed by atoms with Crippen molar-refractivity contribution in [1.29, 1.82) is 0 Å². The molecule has 0 spiro atoms. The molecule has 0 aromatic carbocycles. The summed E-state index contributed by atoms with van der Waals surface area (Å²) in [6, 6.07) is 5.96. The minimum Gasteiger partial charge on any atom is -0.306 e. The fourth-order valence-corrected chi connectivity index (χ4v) is 3.51. The van der Waals surface area contributed by atoms with Crippen LogP contribution < -0.4 is 5.56 Å². The molecule has 0 saturated heterocycles. The van der Waals surface area contributed by atoms with Crippen molar-refractivity contribution in [2.75, 3.05) is 0 Å². The van der Waals surface area contributed by atoms with Gasteiger partial charge in [0.2, 0.25) is 0 Å². The summed E-state index contributed by atoms with van der Waals surface area (Å²) >= 11 is 3.21. The number of hydrogen-bond acceptors (Lipinski definition) is 4. The molecular formula is C14H12N2OS2. The van der Waals surface area contributed by atoms with Gasteiger partial charge in [-0.3, -0.25) is 4.79 Å². The van der Waals surface area contributed by atoms with Crippen LogP contribution in [0.3, 0.4) is 0 Å². The summed E-state index contributed by atoms with van der Waals surface area (Å²) in [6.45, 7) is 4.04. The van der Waals surface area contributed by atoms with E-state index in [2.05, 4.69) is 35.1 Å². The van der Waals surface area contributed by atoms with Gasteiger partial charge in [-0.05, 0) is 49.1 Å². The van der Waals surface area contributed by atoms with Crippen molar-refractivity contribution >= 4 is 44.5 Å². The van der Waals surface area contributed by atoms with Crippen molar-refractivity contribution in [1.82, 2.24) is 9.97 Å². The number of aromatic amines is 1. The van der Waals surface area contributed by atoms with Crippen LogP contribution in [0, 0.1) is 6.92 Å². The van der Waals surface area contributed by atoms with Gasteiger partial charge in [-0.15, -0.1) is 22.7 Å². The lowest BCUT2D eigenvalue weighted by atomic mass is 10.2. The van der Waals surface area contributed by atoms with Crippen molar-refractivity contribution in [2.24, 2.45) is 0 Å². The lowest BCUT2D eigenvalue weighted by Crippen LogP contribution is -2.09. The number of nitrogens with one attached hydrogen (secondary N) is 1. The highest BCUT2D eigenvalue weighted by Crippen LogP contribution is 2.22. The Kier molecular flexibility index (Phi) is 3.08. The Morgan fingerprint density at radius 3 is 2.95 bits per heavy atom. The second-order valence-electron chi connectivity index (χ2n) is 4.33. The van der Waals surface area contributed by atoms with Gasteiger partial charge in [-0.1, -0.05) is 0 Å². The standard InChI is InChI=1S/C14H12N2OS2/c1-8(7-10-4-3-9(2)19-10)12-15-13(17)11-5-6-18-14(11)16-12/h3-7H,1-2H3,(H,15,16,17). The second kappa shape index (κ2) is 4.75. The largest absolute Gasteiger partial charge is 0.306 e. The van der Waals surface area contributed by atoms with Gasteiger partial charge in [0.1, 0.15) is 10.7 Å². The predicted octanol–water partition coefficient (Wildman–Crippen LogP) is 3.92. The molecule has 0 amide bonds. The molecule has 1 N–H and O–H groups in total. The highest BCUT2D eigenvalue weighted by molar-refractivity contribution is 7.16. The predicted molar refractivity (Wildman–Crippen MR) is 82.8 cm³/mol. The fourth-order valence-electron chi connectivity index (χ4n) is 1.86. The maximum Gasteiger partial charge on any atom is 0.259 e. The lowest BCUT2D eigenvalue weighted by Gasteiger charge is -2.00. The fraction of sp³-hybridized carbons (Fsp3) is 0.143. The first-order chi connectivity index (χ1) is 9.13. The van der Waals surface area contributed by atoms with Gasteiger partial charge < -0.3 is 4.98 Å². The molecule has 3 aromatic heterocycles. The monoisotopic (exact) mass is 288 g/mol. The maximum atomic E-state index is 11.9. The molecule has 0 aliphatic rings. The van der Waals surface area contributed by atoms with E-state index in [1.165, 1.54) is 21.1 Å². The summed E-state index contributed by atoms with van der Waals surface area (Å²) in [5.41, 5.74) is 0.894. The Morgan fingerprint density at radius 1 is 1.37 bits per heavy atom. The number of thiophene rings is 2. The molecule has 0 aliphatic carbocycles. The number of fused-ring (bicyclic) bond motifs is 1. The SMILES string of the molecule is CC(=Cc1ccc(C)s1)c1nc2sccc2c(=O)[nH]1. The average Bonchev–Trinajstić information content (AvgIpc) is 2.98. The van der Waals surface area contributed by atoms with Crippen molar-refractivity contribution < 1.29 is 0 Å². The molecule has 3 rings (SSSR count). The van der Waals surface area contributed by atoms with E-state index in [9.17, 15) is 4.79 Å². The molecular weight excluding hydrogens is 276 g/mol. The molecule has 0 bridgehead atoms. The Balaban J connectivity index is 2.08. The number of allylic oxidation sites excluding steroid dienone is 1. The van der Waals surface area contributed by atoms with Crippen LogP contribution in [0.2, 0.25) is 0 Å². The molecule has 19 heavy (non-hydrogen) atoms. The number of rotatable bonds is 2. The lowest BCUT2D eigenvalue weighted by molar-refractivity contribution is 1.13. The van der Waals surface area contributed by atoms with E-state index in [4.69, 9.17) is 0 Å². The van der Waals surface area contributed by atoms with Gasteiger partial charge in [0.15, 0.2) is 0 Å². The smallest absolute Gasteiger partial charge is 0.259 e. The number of aromatic nitrogens is 2. The van der Waals surface area contributed by atoms with Gasteiger partial charge in [-0.2, -0.15) is 0 Å². The van der Waals surface area contributed by atoms with Crippen LogP contribution in [0.1, 0.15) is 22.5 Å². The van der Waals surface area contributed by atoms with Crippen LogP contribution in [0.25, 0.3) is 21.9 Å². The topological polar surface area (TPSA) is 45.8 Å². The van der Waals surface area contributed by atoms with E-state index < -0.39 is 0 Å². The van der Waals surface area contributed by atoms with E-state index in [0.29, 0.717) is 11.2 Å². The molecule has 96 valence electrons. The Morgan fingerprint density at radius 2 is 2.21 bits per heavy atom. The minimum atomic E-state index is -0.0728. The first-order valence-corrected chi connectivity index (χ1v) is 7.56. The van der Waals surface area contributed by atoms with Crippen LogP contribution in [-0.2, 0) is 0 Å². The van der Waals surface area contributed by atoms with Gasteiger partial charge in [0, 0.05) is 9.75 Å². The Labute approximate surface area is 118 Å². The van der Waals surface area contributed by atoms with E-state index in [0.717, 1.165) is 10.4 Å². The van der Waals surface area contributed by atoms with Crippen LogP contribution in [0.4, 0.5) is 0 Å². The third kappa shape index (κ3) is 2.39. The molecule has 3 aromatic rings. The van der Waals surface area contributed by atoms with Gasteiger partial charge in [-0.25, -0.2) is 4.98 Å². The normalized spacial score (nSPS) is 12.2. The number of H-pyrrole nitrogens is 1. The third-order valence-electron chi connectivity index (χ3n) is 2.83. The first kappa shape index (κ1) is 12.3. The average molecular weight is 288 g/mol. The van der Waals surface area contributed by atoms with Crippen molar-refractivity contribution in [3.05, 3.63) is 49.5 Å². The van der Waals surface area contributed by atoms with Crippen molar-refractivity contribution in [3.63, 3.8) is 0 Å². The Hall–Kier alpha value is -1.72. The van der Waals surface area contributed by atoms with E-state index in [1.54, 1.807) is 17.4 Å². The zero-order valence-electron chi connectivity index (χ0n) is 10.6. The van der Waals surface area contributed by atoms with E-state index in [-0.39, 0.29) is 5.56 Å². The number of aryl methyl sites for hydroxylation is 1. The van der Waals surface area contributed by atoms with Crippen LogP contribution in [0.5, 0.6) is 0 Å². The second-order valence-corrected chi connectivity index (χ2v) is 6.54. The molecule has 0 fully saturated rings. The van der Waals surface area contributed by atoms with Crippen LogP contribution in [-0.4, -0.2) is 9.97 Å². The summed E-state index contributed by atoms with van der Waals surface area (Å²) in [5.74, 6) is 0.644. The zero-order chi connectivity index (χ0) is 13.4. The minimum absolute atomic E-state index is 0.0728. The Bertz CT molecular complexity index is 823. The molecule has 0 aliphatic heterocycles. The van der Waals surface area contributed by atoms with Gasteiger partial charge in [0.25, 0.3) is 5.56 Å². The summed E-state index contributed by atoms with van der Waals surface area (Å²) in [6.07, 6.45) is 2.05. The summed E-state index contributed by atoms with van der Waals surface area (Å²) in [4.78, 5) is 22.5. The number of nitrogens with zero attached hydrogens (tertiary/aromatic N) is 1. The zero-order valence-corrected chi connectivity index (χ0v) is 12.2. The van der Waals surface area contributed by atoms with Gasteiger partial charge in [0.05, 0.1) is 5.39 Å². The summed E-state index contributed by atoms with van der Waals surface area (Å²) in [7, 11) is 0. The van der Waals surface area contributed by atoms with Crippen molar-refractivity contribution in [2.45, 2.75) is 13.8 Å². The highest BCUT2D eigenvalue weighted by Gasteiger charge is 2.06. The van der Waals surface area contributed by atoms with E-state index >= 15 is 0 Å². The molecule has 0 unspecified atom stereocenters. The molecule has 5 heteroatoms. The summed E-state index contributed by atoms with van der Waals surface area (Å²) < 4.78 is 0. The summed E-state index contributed by atoms with van der Waals surface area (Å²) in [5, 5.41) is 2.55. The molecule has 0 saturated carbocycles. The maximum absolute atomic E-state index is 11.9. The molecule has 3 nitrogen and oxygen atoms in total. The number of hydrogen-bond donors (Lipinski definition) is 1. The first-order valence-electron chi connectivity index (χ1n) is 5.86. The molecule has 0 atom stereocenters. The third-order valence-corrected chi connectivity index (χ3v) is 4.58.